The van der Waals surface area contributed by atoms with Gasteiger partial charge in [0.1, 0.15) is 12.0 Å². The van der Waals surface area contributed by atoms with E-state index in [9.17, 15) is 10.1 Å². The predicted molar refractivity (Wildman–Crippen MR) is 124 cm³/mol. The highest BCUT2D eigenvalue weighted by Crippen LogP contribution is 2.40. The molecule has 0 fully saturated rings. The average Bonchev–Trinajstić information content (AvgIpc) is 3.23. The molecule has 4 aromatic rings. The van der Waals surface area contributed by atoms with Crippen LogP contribution >= 0.6 is 0 Å². The van der Waals surface area contributed by atoms with Crippen molar-refractivity contribution in [2.24, 2.45) is 0 Å². The molecule has 0 bridgehead atoms. The third kappa shape index (κ3) is 3.94. The molecule has 0 aliphatic rings. The Bertz CT molecular complexity index is 1270. The zero-order chi connectivity index (χ0) is 22.7. The number of rotatable bonds is 8. The van der Waals surface area contributed by atoms with Crippen molar-refractivity contribution in [1.82, 2.24) is 9.97 Å². The number of H-pyrrole nitrogens is 1. The molecule has 2 N–H and O–H groups in total. The van der Waals surface area contributed by atoms with Crippen LogP contribution in [0.1, 0.15) is 22.6 Å². The summed E-state index contributed by atoms with van der Waals surface area (Å²) in [6.45, 7) is 2.30. The number of nitrogens with zero attached hydrogens (tertiary/aromatic N) is 2. The Morgan fingerprint density at radius 1 is 1.12 bits per heavy atom. The fraction of sp³-hybridized carbons (Fsp3) is 0.208. The van der Waals surface area contributed by atoms with Gasteiger partial charge in [-0.2, -0.15) is 0 Å². The highest BCUT2D eigenvalue weighted by atomic mass is 16.6. The number of anilines is 1. The first-order valence-corrected chi connectivity index (χ1v) is 10.1. The van der Waals surface area contributed by atoms with Gasteiger partial charge in [0.05, 0.1) is 19.1 Å². The number of nitrogens with one attached hydrogen (secondary N) is 2. The maximum Gasteiger partial charge on any atom is 0.287 e. The summed E-state index contributed by atoms with van der Waals surface area (Å²) < 4.78 is 11.2. The molecule has 0 spiro atoms. The van der Waals surface area contributed by atoms with Crippen LogP contribution in [0.15, 0.2) is 60.9 Å². The number of nitro groups is 1. The normalized spacial score (nSPS) is 11.8. The number of aromatic nitrogens is 2. The molecule has 1 unspecified atom stereocenters. The standard InChI is InChI=1S/C24H24N4O4/c1-15-11-16(28(29)30)12-26-24(15)27-14-20(18-8-6-10-22(31-2)23(18)32-3)19-13-25-21-9-5-4-7-17(19)21/h4-13,20,25H,14H2,1-3H3,(H,26,27). The minimum atomic E-state index is -0.445. The van der Waals surface area contributed by atoms with E-state index in [1.54, 1.807) is 21.1 Å². The van der Waals surface area contributed by atoms with Crippen LogP contribution in [-0.4, -0.2) is 35.7 Å². The van der Waals surface area contributed by atoms with Crippen molar-refractivity contribution >= 4 is 22.4 Å². The summed E-state index contributed by atoms with van der Waals surface area (Å²) in [6, 6.07) is 15.5. The van der Waals surface area contributed by atoms with E-state index in [2.05, 4.69) is 21.4 Å². The molecule has 8 nitrogen and oxygen atoms in total. The van der Waals surface area contributed by atoms with E-state index in [1.165, 1.54) is 12.3 Å². The topological polar surface area (TPSA) is 102 Å². The SMILES string of the molecule is COc1cccc(C(CNc2ncc([N+](=O)[O-])cc2C)c2c[nH]c3ccccc23)c1OC. The smallest absolute Gasteiger partial charge is 0.287 e. The largest absolute Gasteiger partial charge is 0.493 e. The van der Waals surface area contributed by atoms with Gasteiger partial charge in [-0.15, -0.1) is 0 Å². The molecule has 0 aliphatic heterocycles. The van der Waals surface area contributed by atoms with Crippen molar-refractivity contribution in [3.63, 3.8) is 0 Å². The first-order valence-electron chi connectivity index (χ1n) is 10.1. The van der Waals surface area contributed by atoms with Crippen molar-refractivity contribution in [2.75, 3.05) is 26.1 Å². The number of fused-ring (bicyclic) bond motifs is 1. The highest BCUT2D eigenvalue weighted by molar-refractivity contribution is 5.84. The van der Waals surface area contributed by atoms with Crippen LogP contribution in [0.2, 0.25) is 0 Å². The second-order valence-corrected chi connectivity index (χ2v) is 7.42. The van der Waals surface area contributed by atoms with Gasteiger partial charge in [-0.1, -0.05) is 30.3 Å². The molecule has 0 radical (unpaired) electrons. The van der Waals surface area contributed by atoms with Crippen LogP contribution in [0.3, 0.4) is 0 Å². The van der Waals surface area contributed by atoms with E-state index in [0.717, 1.165) is 22.0 Å². The maximum absolute atomic E-state index is 11.0. The molecule has 32 heavy (non-hydrogen) atoms. The summed E-state index contributed by atoms with van der Waals surface area (Å²) in [6.07, 6.45) is 3.27. The lowest BCUT2D eigenvalue weighted by Gasteiger charge is -2.22. The summed E-state index contributed by atoms with van der Waals surface area (Å²) >= 11 is 0. The maximum atomic E-state index is 11.0. The van der Waals surface area contributed by atoms with Crippen LogP contribution in [0.5, 0.6) is 11.5 Å². The fourth-order valence-corrected chi connectivity index (χ4v) is 4.00. The Morgan fingerprint density at radius 3 is 2.66 bits per heavy atom. The average molecular weight is 432 g/mol. The van der Waals surface area contributed by atoms with Crippen molar-refractivity contribution in [1.29, 1.82) is 0 Å². The van der Waals surface area contributed by atoms with E-state index < -0.39 is 4.92 Å². The van der Waals surface area contributed by atoms with E-state index >= 15 is 0 Å². The number of pyridine rings is 1. The monoisotopic (exact) mass is 432 g/mol. The van der Waals surface area contributed by atoms with Gasteiger partial charge in [0.15, 0.2) is 11.5 Å². The lowest BCUT2D eigenvalue weighted by atomic mass is 9.89. The number of hydrogen-bond donors (Lipinski definition) is 2. The zero-order valence-corrected chi connectivity index (χ0v) is 18.1. The molecule has 2 aromatic heterocycles. The lowest BCUT2D eigenvalue weighted by Crippen LogP contribution is -2.16. The molecule has 0 saturated carbocycles. The van der Waals surface area contributed by atoms with Gasteiger partial charge in [0.2, 0.25) is 0 Å². The van der Waals surface area contributed by atoms with Gasteiger partial charge >= 0.3 is 0 Å². The van der Waals surface area contributed by atoms with Crippen LogP contribution in [0.25, 0.3) is 10.9 Å². The van der Waals surface area contributed by atoms with E-state index in [0.29, 0.717) is 29.4 Å². The quantitative estimate of drug-likeness (QED) is 0.299. The minimum Gasteiger partial charge on any atom is -0.493 e. The Labute approximate surface area is 185 Å². The minimum absolute atomic E-state index is 0.0318. The Hall–Kier alpha value is -4.07. The Kier molecular flexibility index (Phi) is 5.93. The number of ether oxygens (including phenoxy) is 2. The zero-order valence-electron chi connectivity index (χ0n) is 18.1. The van der Waals surface area contributed by atoms with Crippen LogP contribution in [-0.2, 0) is 0 Å². The van der Waals surface area contributed by atoms with Gasteiger partial charge < -0.3 is 19.8 Å². The molecule has 8 heteroatoms. The number of para-hydroxylation sites is 2. The second-order valence-electron chi connectivity index (χ2n) is 7.42. The summed E-state index contributed by atoms with van der Waals surface area (Å²) in [4.78, 5) is 18.2. The lowest BCUT2D eigenvalue weighted by molar-refractivity contribution is -0.385. The number of benzene rings is 2. The van der Waals surface area contributed by atoms with Crippen LogP contribution in [0.4, 0.5) is 11.5 Å². The molecular formula is C24H24N4O4. The fourth-order valence-electron chi connectivity index (χ4n) is 4.00. The summed E-state index contributed by atoms with van der Waals surface area (Å²) in [5.74, 6) is 1.81. The Balaban J connectivity index is 1.77. The van der Waals surface area contributed by atoms with Gasteiger partial charge in [0.25, 0.3) is 5.69 Å². The molecule has 4 rings (SSSR count). The molecular weight excluding hydrogens is 408 g/mol. The number of hydrogen-bond acceptors (Lipinski definition) is 6. The van der Waals surface area contributed by atoms with Crippen LogP contribution in [0, 0.1) is 17.0 Å². The first kappa shape index (κ1) is 21.2. The number of aromatic amines is 1. The van der Waals surface area contributed by atoms with Gasteiger partial charge in [-0.05, 0) is 30.2 Å². The molecule has 0 saturated heterocycles. The van der Waals surface area contributed by atoms with Crippen molar-refractivity contribution in [2.45, 2.75) is 12.8 Å². The van der Waals surface area contributed by atoms with Gasteiger partial charge in [0, 0.05) is 41.2 Å². The summed E-state index contributed by atoms with van der Waals surface area (Å²) in [5.41, 5.74) is 3.77. The molecule has 2 heterocycles. The molecule has 1 atom stereocenters. The molecule has 164 valence electrons. The van der Waals surface area contributed by atoms with Crippen molar-refractivity contribution in [3.8, 4) is 11.5 Å². The van der Waals surface area contributed by atoms with Gasteiger partial charge in [-0.3, -0.25) is 10.1 Å². The highest BCUT2D eigenvalue weighted by Gasteiger charge is 2.24. The number of methoxy groups -OCH3 is 2. The third-order valence-corrected chi connectivity index (χ3v) is 5.55. The number of aryl methyl sites for hydroxylation is 1. The van der Waals surface area contributed by atoms with Gasteiger partial charge in [-0.25, -0.2) is 4.98 Å². The first-order chi connectivity index (χ1) is 15.5. The van der Waals surface area contributed by atoms with E-state index in [4.69, 9.17) is 9.47 Å². The van der Waals surface area contributed by atoms with Crippen molar-refractivity contribution < 1.29 is 14.4 Å². The third-order valence-electron chi connectivity index (χ3n) is 5.55. The summed E-state index contributed by atoms with van der Waals surface area (Å²) in [7, 11) is 3.24. The van der Waals surface area contributed by atoms with Crippen LogP contribution < -0.4 is 14.8 Å². The van der Waals surface area contributed by atoms with E-state index in [-0.39, 0.29) is 11.6 Å². The predicted octanol–water partition coefficient (Wildman–Crippen LogP) is 5.04. The Morgan fingerprint density at radius 2 is 1.94 bits per heavy atom. The second kappa shape index (κ2) is 8.97. The summed E-state index contributed by atoms with van der Waals surface area (Å²) in [5, 5.41) is 15.5. The molecule has 2 aromatic carbocycles. The molecule has 0 aliphatic carbocycles. The van der Waals surface area contributed by atoms with Crippen molar-refractivity contribution in [3.05, 3.63) is 87.7 Å². The van der Waals surface area contributed by atoms with E-state index in [1.807, 2.05) is 42.6 Å². The molecule has 0 amide bonds.